The number of carbonyl (C=O) groups is 2. The molecule has 0 amide bonds. The van der Waals surface area contributed by atoms with Crippen LogP contribution in [0.15, 0.2) is 0 Å². The average Bonchev–Trinajstić information content (AvgIpc) is 2.73. The van der Waals surface area contributed by atoms with Gasteiger partial charge in [0.05, 0.1) is 24.7 Å². The topological polar surface area (TPSA) is 86.7 Å². The number of hydrogen-bond acceptors (Lipinski definition) is 6. The van der Waals surface area contributed by atoms with E-state index in [4.69, 9.17) is 9.47 Å². The number of ether oxygens (including phenoxy) is 2. The SMILES string of the molecule is CCCCOC(=O)C[C@@H]1CS(=O)(=O)C[C@@H]1CC(=O)OCCCC. The first kappa shape index (κ1) is 19.9. The van der Waals surface area contributed by atoms with Crippen molar-refractivity contribution in [3.63, 3.8) is 0 Å². The second-order valence-electron chi connectivity index (χ2n) is 6.15. The Kier molecular flexibility index (Phi) is 8.58. The Morgan fingerprint density at radius 2 is 1.26 bits per heavy atom. The number of esters is 2. The maximum absolute atomic E-state index is 11.8. The van der Waals surface area contributed by atoms with Gasteiger partial charge in [-0.1, -0.05) is 26.7 Å². The molecule has 0 aromatic carbocycles. The van der Waals surface area contributed by atoms with E-state index in [1.54, 1.807) is 0 Å². The molecule has 1 rings (SSSR count). The van der Waals surface area contributed by atoms with Crippen LogP contribution in [-0.4, -0.2) is 45.1 Å². The monoisotopic (exact) mass is 348 g/mol. The fourth-order valence-corrected chi connectivity index (χ4v) is 4.87. The lowest BCUT2D eigenvalue weighted by Gasteiger charge is -2.16. The normalized spacial score (nSPS) is 22.7. The summed E-state index contributed by atoms with van der Waals surface area (Å²) in [4.78, 5) is 23.6. The van der Waals surface area contributed by atoms with Gasteiger partial charge in [-0.25, -0.2) is 8.42 Å². The summed E-state index contributed by atoms with van der Waals surface area (Å²) in [6.07, 6.45) is 3.55. The molecule has 0 spiro atoms. The summed E-state index contributed by atoms with van der Waals surface area (Å²) < 4.78 is 33.9. The molecule has 6 nitrogen and oxygen atoms in total. The van der Waals surface area contributed by atoms with Crippen molar-refractivity contribution in [3.05, 3.63) is 0 Å². The van der Waals surface area contributed by atoms with Crippen LogP contribution in [0, 0.1) is 11.8 Å². The van der Waals surface area contributed by atoms with Gasteiger partial charge in [0, 0.05) is 12.8 Å². The standard InChI is InChI=1S/C16H28O6S/c1-3-5-7-21-15(17)9-13-11-23(19,20)12-14(13)10-16(18)22-8-6-4-2/h13-14H,3-12H2,1-2H3/t13-,14+. The van der Waals surface area contributed by atoms with Crippen LogP contribution < -0.4 is 0 Å². The van der Waals surface area contributed by atoms with E-state index in [1.165, 1.54) is 0 Å². The van der Waals surface area contributed by atoms with Crippen molar-refractivity contribution in [1.82, 2.24) is 0 Å². The Hall–Kier alpha value is -1.11. The van der Waals surface area contributed by atoms with Crippen molar-refractivity contribution in [1.29, 1.82) is 0 Å². The van der Waals surface area contributed by atoms with Gasteiger partial charge in [0.25, 0.3) is 0 Å². The molecule has 0 radical (unpaired) electrons. The van der Waals surface area contributed by atoms with E-state index in [2.05, 4.69) is 0 Å². The first-order valence-corrected chi connectivity index (χ1v) is 10.2. The molecular formula is C16H28O6S. The minimum Gasteiger partial charge on any atom is -0.466 e. The maximum atomic E-state index is 11.8. The fourth-order valence-electron chi connectivity index (χ4n) is 2.65. The molecule has 0 aromatic heterocycles. The van der Waals surface area contributed by atoms with E-state index in [1.807, 2.05) is 13.8 Å². The molecule has 0 aliphatic carbocycles. The zero-order chi connectivity index (χ0) is 17.3. The first-order chi connectivity index (χ1) is 10.9. The van der Waals surface area contributed by atoms with Gasteiger partial charge in [-0.05, 0) is 24.7 Å². The quantitative estimate of drug-likeness (QED) is 0.444. The van der Waals surface area contributed by atoms with E-state index >= 15 is 0 Å². The first-order valence-electron chi connectivity index (χ1n) is 8.39. The Balaban J connectivity index is 2.50. The molecule has 0 bridgehead atoms. The van der Waals surface area contributed by atoms with Crippen LogP contribution in [0.25, 0.3) is 0 Å². The van der Waals surface area contributed by atoms with Crippen LogP contribution in [0.2, 0.25) is 0 Å². The predicted octanol–water partition coefficient (Wildman–Crippen LogP) is 2.11. The van der Waals surface area contributed by atoms with Crippen molar-refractivity contribution in [3.8, 4) is 0 Å². The Morgan fingerprint density at radius 1 is 0.870 bits per heavy atom. The van der Waals surface area contributed by atoms with E-state index in [0.29, 0.717) is 13.2 Å². The molecule has 1 aliphatic rings. The summed E-state index contributed by atoms with van der Waals surface area (Å²) in [6, 6.07) is 0. The zero-order valence-electron chi connectivity index (χ0n) is 14.1. The lowest BCUT2D eigenvalue weighted by Crippen LogP contribution is -2.22. The van der Waals surface area contributed by atoms with Gasteiger partial charge < -0.3 is 9.47 Å². The highest BCUT2D eigenvalue weighted by Crippen LogP contribution is 2.31. The highest BCUT2D eigenvalue weighted by atomic mass is 32.2. The highest BCUT2D eigenvalue weighted by molar-refractivity contribution is 7.91. The average molecular weight is 348 g/mol. The molecule has 0 aromatic rings. The van der Waals surface area contributed by atoms with Gasteiger partial charge in [-0.3, -0.25) is 9.59 Å². The van der Waals surface area contributed by atoms with Crippen molar-refractivity contribution >= 4 is 21.8 Å². The molecule has 1 aliphatic heterocycles. The van der Waals surface area contributed by atoms with Gasteiger partial charge in [-0.15, -0.1) is 0 Å². The Labute approximate surface area is 138 Å². The van der Waals surface area contributed by atoms with Gasteiger partial charge in [0.1, 0.15) is 0 Å². The summed E-state index contributed by atoms with van der Waals surface area (Å²) in [5.41, 5.74) is 0. The van der Waals surface area contributed by atoms with Crippen LogP contribution in [0.4, 0.5) is 0 Å². The lowest BCUT2D eigenvalue weighted by molar-refractivity contribution is -0.148. The number of carbonyl (C=O) groups excluding carboxylic acids is 2. The summed E-state index contributed by atoms with van der Waals surface area (Å²) in [6.45, 7) is 4.71. The van der Waals surface area contributed by atoms with Crippen LogP contribution in [0.1, 0.15) is 52.4 Å². The number of sulfone groups is 1. The van der Waals surface area contributed by atoms with E-state index < -0.39 is 9.84 Å². The van der Waals surface area contributed by atoms with E-state index in [9.17, 15) is 18.0 Å². The fraction of sp³-hybridized carbons (Fsp3) is 0.875. The van der Waals surface area contributed by atoms with Crippen LogP contribution in [0.3, 0.4) is 0 Å². The highest BCUT2D eigenvalue weighted by Gasteiger charge is 2.40. The Morgan fingerprint density at radius 3 is 1.61 bits per heavy atom. The molecule has 134 valence electrons. The molecule has 2 atom stereocenters. The molecule has 7 heteroatoms. The number of rotatable bonds is 10. The second kappa shape index (κ2) is 9.90. The van der Waals surface area contributed by atoms with Crippen molar-refractivity contribution in [2.75, 3.05) is 24.7 Å². The largest absolute Gasteiger partial charge is 0.466 e. The van der Waals surface area contributed by atoms with Crippen molar-refractivity contribution in [2.45, 2.75) is 52.4 Å². The molecule has 1 heterocycles. The van der Waals surface area contributed by atoms with Crippen LogP contribution in [-0.2, 0) is 28.9 Å². The maximum Gasteiger partial charge on any atom is 0.306 e. The molecule has 1 fully saturated rings. The third-order valence-corrected chi connectivity index (χ3v) is 5.85. The van der Waals surface area contributed by atoms with Gasteiger partial charge in [0.15, 0.2) is 9.84 Å². The molecular weight excluding hydrogens is 320 g/mol. The van der Waals surface area contributed by atoms with Gasteiger partial charge in [-0.2, -0.15) is 0 Å². The summed E-state index contributed by atoms with van der Waals surface area (Å²) >= 11 is 0. The molecule has 0 saturated carbocycles. The van der Waals surface area contributed by atoms with Crippen molar-refractivity contribution < 1.29 is 27.5 Å². The second-order valence-corrected chi connectivity index (χ2v) is 8.31. The third kappa shape index (κ3) is 7.81. The van der Waals surface area contributed by atoms with Gasteiger partial charge in [0.2, 0.25) is 0 Å². The summed E-state index contributed by atoms with van der Waals surface area (Å²) in [5, 5.41) is 0. The number of unbranched alkanes of at least 4 members (excludes halogenated alkanes) is 2. The van der Waals surface area contributed by atoms with E-state index in [0.717, 1.165) is 25.7 Å². The molecule has 0 N–H and O–H groups in total. The summed E-state index contributed by atoms with van der Waals surface area (Å²) in [5.74, 6) is -1.58. The molecule has 0 unspecified atom stereocenters. The molecule has 1 saturated heterocycles. The van der Waals surface area contributed by atoms with Crippen LogP contribution in [0.5, 0.6) is 0 Å². The van der Waals surface area contributed by atoms with Crippen LogP contribution >= 0.6 is 0 Å². The minimum atomic E-state index is -3.20. The van der Waals surface area contributed by atoms with Gasteiger partial charge >= 0.3 is 11.9 Å². The Bertz CT molecular complexity index is 447. The third-order valence-electron chi connectivity index (χ3n) is 3.98. The number of hydrogen-bond donors (Lipinski definition) is 0. The van der Waals surface area contributed by atoms with E-state index in [-0.39, 0.29) is 48.1 Å². The lowest BCUT2D eigenvalue weighted by atomic mass is 9.90. The minimum absolute atomic E-state index is 0.0514. The summed E-state index contributed by atoms with van der Waals surface area (Å²) in [7, 11) is -3.20. The zero-order valence-corrected chi connectivity index (χ0v) is 14.9. The molecule has 23 heavy (non-hydrogen) atoms. The van der Waals surface area contributed by atoms with Crippen molar-refractivity contribution in [2.24, 2.45) is 11.8 Å². The smallest absolute Gasteiger partial charge is 0.306 e. The predicted molar refractivity (Wildman–Crippen MR) is 86.6 cm³/mol.